The smallest absolute Gasteiger partial charge is 0.303 e. The van der Waals surface area contributed by atoms with Crippen molar-refractivity contribution in [3.8, 4) is 11.8 Å². The number of unbranched alkanes of at least 4 members (excludes halogenated alkanes) is 6. The van der Waals surface area contributed by atoms with Crippen molar-refractivity contribution in [3.63, 3.8) is 0 Å². The molecule has 0 heterocycles. The first-order valence-electron chi connectivity index (χ1n) is 7.43. The normalized spacial score (nSPS) is 11.2. The van der Waals surface area contributed by atoms with Crippen LogP contribution in [0.15, 0.2) is 36.5 Å². The number of hydrogen-bond donors (Lipinski definition) is 1. The lowest BCUT2D eigenvalue weighted by Crippen LogP contribution is -1.93. The van der Waals surface area contributed by atoms with Crippen LogP contribution in [0.5, 0.6) is 0 Å². The van der Waals surface area contributed by atoms with E-state index in [-0.39, 0.29) is 0 Å². The van der Waals surface area contributed by atoms with Gasteiger partial charge in [-0.3, -0.25) is 4.79 Å². The molecule has 0 aliphatic carbocycles. The SMILES string of the molecule is C/C=C/C=C/C#C/C=C\CCCCCCCCC(=O)O. The molecule has 1 N–H and O–H groups in total. The molecule has 0 aromatic carbocycles. The molecular formula is C18H26O2. The molecule has 0 unspecified atom stereocenters. The van der Waals surface area contributed by atoms with Gasteiger partial charge in [0.1, 0.15) is 0 Å². The van der Waals surface area contributed by atoms with Crippen molar-refractivity contribution in [1.29, 1.82) is 0 Å². The van der Waals surface area contributed by atoms with E-state index in [1.54, 1.807) is 0 Å². The highest BCUT2D eigenvalue weighted by atomic mass is 16.4. The average molecular weight is 274 g/mol. The molecule has 2 heteroatoms. The summed E-state index contributed by atoms with van der Waals surface area (Å²) in [5.41, 5.74) is 0. The van der Waals surface area contributed by atoms with Crippen molar-refractivity contribution in [1.82, 2.24) is 0 Å². The molecule has 0 aliphatic rings. The molecule has 0 rings (SSSR count). The summed E-state index contributed by atoms with van der Waals surface area (Å²) in [4.78, 5) is 10.3. The van der Waals surface area contributed by atoms with Crippen LogP contribution in [0.4, 0.5) is 0 Å². The van der Waals surface area contributed by atoms with Crippen LogP contribution in [0.1, 0.15) is 58.3 Å². The first-order chi connectivity index (χ1) is 9.77. The predicted molar refractivity (Wildman–Crippen MR) is 85.4 cm³/mol. The van der Waals surface area contributed by atoms with Gasteiger partial charge in [-0.2, -0.15) is 0 Å². The first-order valence-corrected chi connectivity index (χ1v) is 7.43. The van der Waals surface area contributed by atoms with Crippen LogP contribution in [0.25, 0.3) is 0 Å². The maximum absolute atomic E-state index is 10.3. The Morgan fingerprint density at radius 1 is 0.950 bits per heavy atom. The lowest BCUT2D eigenvalue weighted by Gasteiger charge is -1.98. The molecular weight excluding hydrogens is 248 g/mol. The second-order valence-electron chi connectivity index (χ2n) is 4.63. The minimum absolute atomic E-state index is 0.309. The van der Waals surface area contributed by atoms with E-state index in [1.807, 2.05) is 37.3 Å². The molecule has 0 aromatic heterocycles. The fraction of sp³-hybridized carbons (Fsp3) is 0.500. The molecule has 0 spiro atoms. The van der Waals surface area contributed by atoms with Gasteiger partial charge >= 0.3 is 5.97 Å². The quantitative estimate of drug-likeness (QED) is 0.350. The van der Waals surface area contributed by atoms with Crippen molar-refractivity contribution in [3.05, 3.63) is 36.5 Å². The Hall–Kier alpha value is -1.75. The van der Waals surface area contributed by atoms with Crippen molar-refractivity contribution in [2.24, 2.45) is 0 Å². The molecule has 2 nitrogen and oxygen atoms in total. The van der Waals surface area contributed by atoms with E-state index in [9.17, 15) is 4.79 Å². The van der Waals surface area contributed by atoms with Gasteiger partial charge in [0.05, 0.1) is 0 Å². The highest BCUT2D eigenvalue weighted by molar-refractivity contribution is 5.66. The summed E-state index contributed by atoms with van der Waals surface area (Å²) in [7, 11) is 0. The zero-order valence-electron chi connectivity index (χ0n) is 12.5. The summed E-state index contributed by atoms with van der Waals surface area (Å²) in [5.74, 6) is 5.22. The van der Waals surface area contributed by atoms with Gasteiger partial charge in [0.2, 0.25) is 0 Å². The van der Waals surface area contributed by atoms with Gasteiger partial charge in [-0.1, -0.05) is 61.8 Å². The van der Waals surface area contributed by atoms with E-state index >= 15 is 0 Å². The molecule has 0 bridgehead atoms. The van der Waals surface area contributed by atoms with Crippen molar-refractivity contribution in [2.45, 2.75) is 58.3 Å². The molecule has 0 fully saturated rings. The van der Waals surface area contributed by atoms with Crippen LogP contribution in [0.3, 0.4) is 0 Å². The summed E-state index contributed by atoms with van der Waals surface area (Å²) in [6, 6.07) is 0. The molecule has 0 aliphatic heterocycles. The minimum atomic E-state index is -0.684. The van der Waals surface area contributed by atoms with E-state index in [4.69, 9.17) is 5.11 Å². The van der Waals surface area contributed by atoms with Crippen LogP contribution < -0.4 is 0 Å². The summed E-state index contributed by atoms with van der Waals surface area (Å²) >= 11 is 0. The summed E-state index contributed by atoms with van der Waals surface area (Å²) in [5, 5.41) is 8.49. The van der Waals surface area contributed by atoms with Crippen molar-refractivity contribution < 1.29 is 9.90 Å². The molecule has 0 amide bonds. The third kappa shape index (κ3) is 16.2. The number of rotatable bonds is 10. The third-order valence-corrected chi connectivity index (χ3v) is 2.78. The van der Waals surface area contributed by atoms with E-state index in [0.717, 1.165) is 25.7 Å². The number of carboxylic acid groups (broad SMARTS) is 1. The number of carboxylic acids is 1. The Kier molecular flexibility index (Phi) is 14.0. The highest BCUT2D eigenvalue weighted by Gasteiger charge is 1.95. The Bertz CT molecular complexity index is 378. The average Bonchev–Trinajstić information content (AvgIpc) is 2.43. The van der Waals surface area contributed by atoms with Gasteiger partial charge in [-0.05, 0) is 38.3 Å². The lowest BCUT2D eigenvalue weighted by atomic mass is 10.1. The highest BCUT2D eigenvalue weighted by Crippen LogP contribution is 2.08. The van der Waals surface area contributed by atoms with Gasteiger partial charge in [0.25, 0.3) is 0 Å². The van der Waals surface area contributed by atoms with Gasteiger partial charge < -0.3 is 5.11 Å². The number of hydrogen-bond acceptors (Lipinski definition) is 1. The van der Waals surface area contributed by atoms with E-state index in [1.165, 1.54) is 19.3 Å². The van der Waals surface area contributed by atoms with Crippen LogP contribution in [0.2, 0.25) is 0 Å². The maximum atomic E-state index is 10.3. The van der Waals surface area contributed by atoms with Gasteiger partial charge in [0.15, 0.2) is 0 Å². The molecule has 0 saturated carbocycles. The number of carbonyl (C=O) groups is 1. The number of aliphatic carboxylic acids is 1. The predicted octanol–water partition coefficient (Wildman–Crippen LogP) is 4.88. The Morgan fingerprint density at radius 3 is 2.30 bits per heavy atom. The second-order valence-corrected chi connectivity index (χ2v) is 4.63. The molecule has 0 radical (unpaired) electrons. The van der Waals surface area contributed by atoms with Crippen LogP contribution in [-0.4, -0.2) is 11.1 Å². The molecule has 0 atom stereocenters. The zero-order valence-corrected chi connectivity index (χ0v) is 12.5. The number of allylic oxidation sites excluding steroid dienone is 6. The maximum Gasteiger partial charge on any atom is 0.303 e. The van der Waals surface area contributed by atoms with Crippen molar-refractivity contribution in [2.75, 3.05) is 0 Å². The van der Waals surface area contributed by atoms with Crippen LogP contribution >= 0.6 is 0 Å². The van der Waals surface area contributed by atoms with Crippen LogP contribution in [-0.2, 0) is 4.79 Å². The summed E-state index contributed by atoms with van der Waals surface area (Å²) < 4.78 is 0. The third-order valence-electron chi connectivity index (χ3n) is 2.78. The molecule has 0 saturated heterocycles. The zero-order chi connectivity index (χ0) is 14.9. The standard InChI is InChI=1S/C18H26O2/c1-2-3-4-5-6-7-8-9-10-11-12-13-14-15-16-17-18(19)20/h2-5,8-9H,10-17H2,1H3,(H,19,20)/b3-2+,5-4+,9-8-. The lowest BCUT2D eigenvalue weighted by molar-refractivity contribution is -0.137. The van der Waals surface area contributed by atoms with Gasteiger partial charge in [0, 0.05) is 6.42 Å². The Morgan fingerprint density at radius 2 is 1.60 bits per heavy atom. The van der Waals surface area contributed by atoms with E-state index < -0.39 is 5.97 Å². The van der Waals surface area contributed by atoms with E-state index in [0.29, 0.717) is 6.42 Å². The Labute approximate surface area is 123 Å². The molecule has 20 heavy (non-hydrogen) atoms. The minimum Gasteiger partial charge on any atom is -0.481 e. The topological polar surface area (TPSA) is 37.3 Å². The van der Waals surface area contributed by atoms with Gasteiger partial charge in [-0.15, -0.1) is 0 Å². The molecule has 0 aromatic rings. The fourth-order valence-corrected chi connectivity index (χ4v) is 1.70. The van der Waals surface area contributed by atoms with Crippen LogP contribution in [0, 0.1) is 11.8 Å². The fourth-order valence-electron chi connectivity index (χ4n) is 1.70. The monoisotopic (exact) mass is 274 g/mol. The van der Waals surface area contributed by atoms with E-state index in [2.05, 4.69) is 17.9 Å². The van der Waals surface area contributed by atoms with Gasteiger partial charge in [-0.25, -0.2) is 0 Å². The summed E-state index contributed by atoms with van der Waals surface area (Å²) in [6.07, 6.45) is 19.7. The summed E-state index contributed by atoms with van der Waals surface area (Å²) in [6.45, 7) is 1.98. The first kappa shape index (κ1) is 18.2. The largest absolute Gasteiger partial charge is 0.481 e. The Balaban J connectivity index is 3.33. The second kappa shape index (κ2) is 15.3. The van der Waals surface area contributed by atoms with Crippen molar-refractivity contribution >= 4 is 5.97 Å². The molecule has 110 valence electrons.